The molecule has 0 unspecified atom stereocenters. The van der Waals surface area contributed by atoms with E-state index in [-0.39, 0.29) is 24.4 Å². The number of benzene rings is 1. The van der Waals surface area contributed by atoms with Gasteiger partial charge in [-0.1, -0.05) is 12.1 Å². The third-order valence-electron chi connectivity index (χ3n) is 5.26. The number of aromatic nitrogens is 1. The van der Waals surface area contributed by atoms with Crippen LogP contribution in [0.3, 0.4) is 0 Å². The second-order valence-electron chi connectivity index (χ2n) is 7.54. The van der Waals surface area contributed by atoms with Gasteiger partial charge >= 0.3 is 7.12 Å². The summed E-state index contributed by atoms with van der Waals surface area (Å²) in [4.78, 5) is 4.28. The summed E-state index contributed by atoms with van der Waals surface area (Å²) in [5.74, 6) is 1.30. The maximum Gasteiger partial charge on any atom is 0.494 e. The van der Waals surface area contributed by atoms with Crippen molar-refractivity contribution in [3.63, 3.8) is 0 Å². The highest BCUT2D eigenvalue weighted by atomic mass is 16.7. The quantitative estimate of drug-likeness (QED) is 0.787. The van der Waals surface area contributed by atoms with Crippen molar-refractivity contribution in [2.45, 2.75) is 52.1 Å². The molecule has 1 aliphatic rings. The summed E-state index contributed by atoms with van der Waals surface area (Å²) >= 11 is 0. The van der Waals surface area contributed by atoms with Gasteiger partial charge in [-0.25, -0.2) is 0 Å². The van der Waals surface area contributed by atoms with E-state index in [1.807, 2.05) is 52.0 Å². The molecule has 0 amide bonds. The largest absolute Gasteiger partial charge is 0.496 e. The molecule has 0 saturated carbocycles. The first-order valence-corrected chi connectivity index (χ1v) is 8.97. The molecule has 27 heavy (non-hydrogen) atoms. The van der Waals surface area contributed by atoms with E-state index in [2.05, 4.69) is 4.98 Å². The van der Waals surface area contributed by atoms with E-state index >= 15 is 0 Å². The number of rotatable bonds is 6. The van der Waals surface area contributed by atoms with Gasteiger partial charge in [0.05, 0.1) is 30.6 Å². The highest BCUT2D eigenvalue weighted by Crippen LogP contribution is 2.36. The second kappa shape index (κ2) is 7.50. The highest BCUT2D eigenvalue weighted by molar-refractivity contribution is 6.62. The van der Waals surface area contributed by atoms with E-state index in [0.29, 0.717) is 22.8 Å². The number of hydrogen-bond donors (Lipinski definition) is 1. The van der Waals surface area contributed by atoms with E-state index in [9.17, 15) is 5.11 Å². The fourth-order valence-electron chi connectivity index (χ4n) is 2.85. The summed E-state index contributed by atoms with van der Waals surface area (Å²) in [6.07, 6.45) is 1.64. The second-order valence-corrected chi connectivity index (χ2v) is 7.54. The number of hydrogen-bond acceptors (Lipinski definition) is 6. The van der Waals surface area contributed by atoms with Crippen molar-refractivity contribution in [2.24, 2.45) is 0 Å². The van der Waals surface area contributed by atoms with Crippen LogP contribution < -0.4 is 14.9 Å². The maximum absolute atomic E-state index is 9.57. The summed E-state index contributed by atoms with van der Waals surface area (Å²) < 4.78 is 23.2. The van der Waals surface area contributed by atoms with Gasteiger partial charge in [0.15, 0.2) is 0 Å². The Hall–Kier alpha value is -2.09. The molecule has 1 fully saturated rings. The van der Waals surface area contributed by atoms with Gasteiger partial charge in [-0.2, -0.15) is 0 Å². The fourth-order valence-corrected chi connectivity index (χ4v) is 2.85. The Balaban J connectivity index is 1.67. The molecule has 0 bridgehead atoms. The molecule has 1 saturated heterocycles. The van der Waals surface area contributed by atoms with E-state index in [4.69, 9.17) is 18.8 Å². The summed E-state index contributed by atoms with van der Waals surface area (Å²) in [7, 11) is 1.17. The minimum Gasteiger partial charge on any atom is -0.496 e. The van der Waals surface area contributed by atoms with Crippen molar-refractivity contribution in [1.29, 1.82) is 0 Å². The highest BCUT2D eigenvalue weighted by Gasteiger charge is 2.51. The summed E-state index contributed by atoms with van der Waals surface area (Å²) in [5.41, 5.74) is 1.48. The lowest BCUT2D eigenvalue weighted by atomic mass is 9.79. The molecule has 1 aromatic heterocycles. The van der Waals surface area contributed by atoms with Crippen LogP contribution in [0.5, 0.6) is 11.5 Å². The first-order valence-electron chi connectivity index (χ1n) is 8.97. The van der Waals surface area contributed by atoms with Gasteiger partial charge in [0.1, 0.15) is 18.1 Å². The molecule has 1 aliphatic heterocycles. The predicted octanol–water partition coefficient (Wildman–Crippen LogP) is 2.46. The Morgan fingerprint density at radius 3 is 2.22 bits per heavy atom. The van der Waals surface area contributed by atoms with Crippen LogP contribution in [0.4, 0.5) is 0 Å². The first kappa shape index (κ1) is 19.7. The van der Waals surface area contributed by atoms with Crippen LogP contribution in [0.1, 0.15) is 39.0 Å². The van der Waals surface area contributed by atoms with Crippen molar-refractivity contribution in [3.8, 4) is 11.5 Å². The lowest BCUT2D eigenvalue weighted by molar-refractivity contribution is 0.00578. The first-order chi connectivity index (χ1) is 12.8. The molecule has 1 N–H and O–H groups in total. The topological polar surface area (TPSA) is 70.0 Å². The van der Waals surface area contributed by atoms with Crippen molar-refractivity contribution >= 4 is 12.6 Å². The zero-order valence-electron chi connectivity index (χ0n) is 16.5. The van der Waals surface area contributed by atoms with Crippen LogP contribution in [0, 0.1) is 0 Å². The van der Waals surface area contributed by atoms with Gasteiger partial charge in [0, 0.05) is 11.8 Å². The number of aliphatic hydroxyl groups excluding tert-OH is 1. The van der Waals surface area contributed by atoms with Crippen molar-refractivity contribution in [3.05, 3.63) is 47.8 Å². The Morgan fingerprint density at radius 2 is 1.67 bits per heavy atom. The van der Waals surface area contributed by atoms with Crippen molar-refractivity contribution < 1.29 is 23.9 Å². The minimum absolute atomic E-state index is 0.156. The van der Waals surface area contributed by atoms with Gasteiger partial charge in [-0.05, 0) is 51.4 Å². The standard InChI is InChI=1S/C20H26BNO5/c1-19(2)20(3,4)27-21(26-19)14-6-8-15(9-7-14)25-13-17-16(12-23)18(24-5)10-11-22-17/h6-11,23H,12-13H2,1-5H3. The minimum atomic E-state index is -0.398. The SMILES string of the molecule is COc1ccnc(COc2ccc(B3OC(C)(C)C(C)(C)O3)cc2)c1CO. The van der Waals surface area contributed by atoms with Crippen LogP contribution in [0.2, 0.25) is 0 Å². The van der Waals surface area contributed by atoms with Crippen molar-refractivity contribution in [2.75, 3.05) is 7.11 Å². The maximum atomic E-state index is 9.57. The summed E-state index contributed by atoms with van der Waals surface area (Å²) in [6.45, 7) is 8.21. The fraction of sp³-hybridized carbons (Fsp3) is 0.450. The third kappa shape index (κ3) is 3.95. The molecule has 0 atom stereocenters. The summed E-state index contributed by atoms with van der Waals surface area (Å²) in [5, 5.41) is 9.57. The molecule has 2 aromatic rings. The van der Waals surface area contributed by atoms with Gasteiger partial charge in [0.2, 0.25) is 0 Å². The smallest absolute Gasteiger partial charge is 0.494 e. The van der Waals surface area contributed by atoms with Crippen LogP contribution in [0.15, 0.2) is 36.5 Å². The molecule has 144 valence electrons. The summed E-state index contributed by atoms with van der Waals surface area (Å²) in [6, 6.07) is 9.33. The van der Waals surface area contributed by atoms with E-state index in [1.165, 1.54) is 0 Å². The van der Waals surface area contributed by atoms with Gasteiger partial charge in [-0.15, -0.1) is 0 Å². The van der Waals surface area contributed by atoms with Crippen molar-refractivity contribution in [1.82, 2.24) is 4.98 Å². The molecule has 1 aromatic carbocycles. The molecule has 0 aliphatic carbocycles. The van der Waals surface area contributed by atoms with E-state index in [0.717, 1.165) is 5.46 Å². The Bertz CT molecular complexity index is 775. The number of nitrogens with zero attached hydrogens (tertiary/aromatic N) is 1. The lowest BCUT2D eigenvalue weighted by Crippen LogP contribution is -2.41. The van der Waals surface area contributed by atoms with E-state index < -0.39 is 7.12 Å². The van der Waals surface area contributed by atoms with Crippen LogP contribution in [-0.2, 0) is 22.5 Å². The van der Waals surface area contributed by atoms with Crippen LogP contribution in [-0.4, -0.2) is 35.5 Å². The normalized spacial score (nSPS) is 17.8. The van der Waals surface area contributed by atoms with Crippen LogP contribution in [0.25, 0.3) is 0 Å². The number of pyridine rings is 1. The molecular weight excluding hydrogens is 345 g/mol. The zero-order chi connectivity index (χ0) is 19.7. The van der Waals surface area contributed by atoms with Gasteiger partial charge in [0.25, 0.3) is 0 Å². The zero-order valence-corrected chi connectivity index (χ0v) is 16.5. The molecule has 0 radical (unpaired) electrons. The number of methoxy groups -OCH3 is 1. The van der Waals surface area contributed by atoms with Gasteiger partial charge < -0.3 is 23.9 Å². The Morgan fingerprint density at radius 1 is 1.04 bits per heavy atom. The monoisotopic (exact) mass is 371 g/mol. The predicted molar refractivity (Wildman–Crippen MR) is 103 cm³/mol. The number of aliphatic hydroxyl groups is 1. The average molecular weight is 371 g/mol. The Labute approximate surface area is 160 Å². The molecular formula is C20H26BNO5. The molecule has 6 nitrogen and oxygen atoms in total. The molecule has 7 heteroatoms. The molecule has 2 heterocycles. The average Bonchev–Trinajstić information content (AvgIpc) is 2.87. The molecule has 3 rings (SSSR count). The number of ether oxygens (including phenoxy) is 2. The van der Waals surface area contributed by atoms with Gasteiger partial charge in [-0.3, -0.25) is 4.98 Å². The third-order valence-corrected chi connectivity index (χ3v) is 5.26. The van der Waals surface area contributed by atoms with E-state index in [1.54, 1.807) is 19.4 Å². The Kier molecular flexibility index (Phi) is 5.47. The lowest BCUT2D eigenvalue weighted by Gasteiger charge is -2.32. The molecule has 0 spiro atoms. The van der Waals surface area contributed by atoms with Crippen LogP contribution >= 0.6 is 0 Å².